The van der Waals surface area contributed by atoms with Crippen LogP contribution in [0.2, 0.25) is 11.1 Å². The lowest BCUT2D eigenvalue weighted by Gasteiger charge is -2.32. The fourth-order valence-corrected chi connectivity index (χ4v) is 6.62. The van der Waals surface area contributed by atoms with Gasteiger partial charge in [0.2, 0.25) is 0 Å². The quantitative estimate of drug-likeness (QED) is 0.257. The fourth-order valence-electron chi connectivity index (χ4n) is 3.25. The van der Waals surface area contributed by atoms with Crippen LogP contribution < -0.4 is 0 Å². The van der Waals surface area contributed by atoms with E-state index in [0.29, 0.717) is 17.7 Å². The third kappa shape index (κ3) is 9.23. The lowest BCUT2D eigenvalue weighted by atomic mass is 10.2. The molecule has 172 valence electrons. The summed E-state index contributed by atoms with van der Waals surface area (Å²) in [4.78, 5) is 13.8. The van der Waals surface area contributed by atoms with Crippen molar-refractivity contribution in [1.82, 2.24) is 4.90 Å². The molecule has 0 bridgehead atoms. The van der Waals surface area contributed by atoms with Gasteiger partial charge in [-0.3, -0.25) is 4.90 Å². The minimum absolute atomic E-state index is 0.142. The Kier molecular flexibility index (Phi) is 13.0. The van der Waals surface area contributed by atoms with Gasteiger partial charge >= 0.3 is 6.09 Å². The Morgan fingerprint density at radius 2 is 1.75 bits per heavy atom. The summed E-state index contributed by atoms with van der Waals surface area (Å²) in [6.45, 7) is 11.8. The molecule has 5 heteroatoms. The summed E-state index contributed by atoms with van der Waals surface area (Å²) < 4.78 is 11.7. The van der Waals surface area contributed by atoms with Crippen molar-refractivity contribution in [2.75, 3.05) is 19.7 Å². The van der Waals surface area contributed by atoms with E-state index in [0.717, 1.165) is 24.8 Å². The Balaban J connectivity index is 2.70. The average molecular weight is 452 g/mol. The highest BCUT2D eigenvalue weighted by Gasteiger charge is 2.41. The van der Waals surface area contributed by atoms with Gasteiger partial charge in [0.15, 0.2) is 0 Å². The highest BCUT2D eigenvalue weighted by atomic mass is 28.4. The summed E-state index contributed by atoms with van der Waals surface area (Å²) >= 11 is 0. The molecule has 4 nitrogen and oxygen atoms in total. The molecule has 0 heterocycles. The molecule has 1 aromatic carbocycles. The van der Waals surface area contributed by atoms with Gasteiger partial charge in [-0.1, -0.05) is 94.7 Å². The normalized spacial score (nSPS) is 10.6. The average Bonchev–Trinajstić information content (AvgIpc) is 2.78. The molecule has 0 aromatic heterocycles. The number of benzene rings is 1. The molecule has 1 rings (SSSR count). The van der Waals surface area contributed by atoms with Crippen LogP contribution in [-0.2, 0) is 15.8 Å². The molecular formula is C27H37NO3Si. The molecule has 1 aromatic rings. The molecule has 0 atom stereocenters. The maximum atomic E-state index is 12.4. The van der Waals surface area contributed by atoms with Crippen LogP contribution >= 0.6 is 0 Å². The van der Waals surface area contributed by atoms with Gasteiger partial charge in [0.05, 0.1) is 19.7 Å². The molecule has 0 unspecified atom stereocenters. The van der Waals surface area contributed by atoms with E-state index in [1.165, 1.54) is 4.90 Å². The van der Waals surface area contributed by atoms with Crippen LogP contribution in [-0.4, -0.2) is 39.0 Å². The van der Waals surface area contributed by atoms with Crippen molar-refractivity contribution < 1.29 is 14.0 Å². The van der Waals surface area contributed by atoms with E-state index in [1.54, 1.807) is 0 Å². The Labute approximate surface area is 196 Å². The van der Waals surface area contributed by atoms with E-state index in [9.17, 15) is 4.79 Å². The predicted octanol–water partition coefficient (Wildman–Crippen LogP) is 5.78. The lowest BCUT2D eigenvalue weighted by Crippen LogP contribution is -2.44. The summed E-state index contributed by atoms with van der Waals surface area (Å²) in [5.41, 5.74) is 5.18. The van der Waals surface area contributed by atoms with E-state index < -0.39 is 14.4 Å². The maximum absolute atomic E-state index is 12.4. The first-order valence-electron chi connectivity index (χ1n) is 11.4. The van der Waals surface area contributed by atoms with Crippen LogP contribution in [0.25, 0.3) is 0 Å². The second-order valence-corrected chi connectivity index (χ2v) is 12.7. The van der Waals surface area contributed by atoms with Gasteiger partial charge in [-0.05, 0) is 23.1 Å². The largest absolute Gasteiger partial charge is 0.445 e. The first-order valence-corrected chi connectivity index (χ1v) is 13.4. The topological polar surface area (TPSA) is 38.8 Å². The summed E-state index contributed by atoms with van der Waals surface area (Å²) in [7, 11) is -2.27. The van der Waals surface area contributed by atoms with Crippen molar-refractivity contribution in [3.8, 4) is 35.6 Å². The lowest BCUT2D eigenvalue weighted by molar-refractivity contribution is 0.105. The molecule has 0 aliphatic heterocycles. The second-order valence-electron chi connectivity index (χ2n) is 8.25. The number of carbonyl (C=O) groups excluding carboxylic acids is 1. The highest BCUT2D eigenvalue weighted by Crippen LogP contribution is 2.32. The zero-order chi connectivity index (χ0) is 23.8. The number of amides is 1. The van der Waals surface area contributed by atoms with Gasteiger partial charge in [-0.25, -0.2) is 4.79 Å². The third-order valence-electron chi connectivity index (χ3n) is 5.18. The second kappa shape index (κ2) is 15.2. The first-order chi connectivity index (χ1) is 15.4. The van der Waals surface area contributed by atoms with E-state index in [-0.39, 0.29) is 19.7 Å². The van der Waals surface area contributed by atoms with E-state index in [4.69, 9.17) is 15.6 Å². The summed E-state index contributed by atoms with van der Waals surface area (Å²) in [5.74, 6) is 11.9. The summed E-state index contributed by atoms with van der Waals surface area (Å²) in [6.07, 6.45) is 8.10. The van der Waals surface area contributed by atoms with Crippen molar-refractivity contribution in [2.24, 2.45) is 0 Å². The maximum Gasteiger partial charge on any atom is 0.411 e. The molecule has 0 aliphatic carbocycles. The van der Waals surface area contributed by atoms with Crippen LogP contribution in [0.15, 0.2) is 30.3 Å². The number of rotatable bonds is 10. The molecule has 0 fully saturated rings. The van der Waals surface area contributed by atoms with Crippen LogP contribution in [0.4, 0.5) is 4.79 Å². The molecule has 0 radical (unpaired) electrons. The Morgan fingerprint density at radius 3 is 2.34 bits per heavy atom. The number of terminal acetylenes is 1. The van der Waals surface area contributed by atoms with Gasteiger partial charge in [0.25, 0.3) is 8.32 Å². The first kappa shape index (κ1) is 27.4. The minimum atomic E-state index is -2.27. The van der Waals surface area contributed by atoms with Crippen molar-refractivity contribution in [2.45, 2.75) is 71.6 Å². The molecule has 0 saturated carbocycles. The zero-order valence-electron chi connectivity index (χ0n) is 20.2. The van der Waals surface area contributed by atoms with Crippen LogP contribution in [0.1, 0.15) is 59.4 Å². The van der Waals surface area contributed by atoms with Crippen molar-refractivity contribution in [3.05, 3.63) is 35.9 Å². The van der Waals surface area contributed by atoms with Gasteiger partial charge in [-0.15, -0.1) is 12.3 Å². The molecule has 0 aliphatic rings. The van der Waals surface area contributed by atoms with Gasteiger partial charge < -0.3 is 9.16 Å². The third-order valence-corrected chi connectivity index (χ3v) is 9.80. The molecular weight excluding hydrogens is 414 g/mol. The van der Waals surface area contributed by atoms with E-state index >= 15 is 0 Å². The summed E-state index contributed by atoms with van der Waals surface area (Å²) in [6, 6.07) is 9.53. The Hall–Kier alpha value is -2.65. The van der Waals surface area contributed by atoms with Gasteiger partial charge in [-0.2, -0.15) is 0 Å². The SMILES string of the molecule is C#CCN(CC#CCO[Si](C#CCCCC)(C(C)C)C(C)C)C(=O)OCc1ccccc1. The molecule has 0 saturated heterocycles. The monoisotopic (exact) mass is 451 g/mol. The Bertz CT molecular complexity index is 842. The number of ether oxygens (including phenoxy) is 1. The van der Waals surface area contributed by atoms with Crippen molar-refractivity contribution in [1.29, 1.82) is 0 Å². The standard InChI is InChI=1S/C27H37NO3Si/c1-7-9-10-16-22-32(24(3)4,25(5)6)31-21-15-14-20-28(19-8-2)27(29)30-23-26-17-12-11-13-18-26/h2,11-13,17-18,24-25H,7,9-10,19-21,23H2,1,3-6H3. The predicted molar refractivity (Wildman–Crippen MR) is 134 cm³/mol. The number of nitrogens with zero attached hydrogens (tertiary/aromatic N) is 1. The van der Waals surface area contributed by atoms with Crippen molar-refractivity contribution >= 4 is 14.4 Å². The number of unbranched alkanes of at least 4 members (excludes halogenated alkanes) is 2. The fraction of sp³-hybridized carbons (Fsp3) is 0.519. The van der Waals surface area contributed by atoms with E-state index in [1.807, 2.05) is 30.3 Å². The Morgan fingerprint density at radius 1 is 1.06 bits per heavy atom. The van der Waals surface area contributed by atoms with Crippen LogP contribution in [0.5, 0.6) is 0 Å². The van der Waals surface area contributed by atoms with Gasteiger partial charge in [0, 0.05) is 6.42 Å². The van der Waals surface area contributed by atoms with Crippen molar-refractivity contribution in [3.63, 3.8) is 0 Å². The number of hydrogen-bond acceptors (Lipinski definition) is 3. The molecule has 0 spiro atoms. The zero-order valence-corrected chi connectivity index (χ0v) is 21.2. The van der Waals surface area contributed by atoms with E-state index in [2.05, 4.69) is 63.8 Å². The molecule has 0 N–H and O–H groups in total. The van der Waals surface area contributed by atoms with Crippen LogP contribution in [0.3, 0.4) is 0 Å². The summed E-state index contributed by atoms with van der Waals surface area (Å²) in [5, 5.41) is 0. The van der Waals surface area contributed by atoms with Gasteiger partial charge in [0.1, 0.15) is 6.61 Å². The molecule has 1 amide bonds. The minimum Gasteiger partial charge on any atom is -0.445 e. The number of hydrogen-bond donors (Lipinski definition) is 0. The molecule has 32 heavy (non-hydrogen) atoms. The highest BCUT2D eigenvalue weighted by molar-refractivity contribution is 6.84. The van der Waals surface area contributed by atoms with Crippen LogP contribution in [0, 0.1) is 35.6 Å². The number of carbonyl (C=O) groups is 1. The smallest absolute Gasteiger partial charge is 0.411 e.